The van der Waals surface area contributed by atoms with Gasteiger partial charge in [0.25, 0.3) is 0 Å². The van der Waals surface area contributed by atoms with Crippen LogP contribution in [-0.2, 0) is 4.79 Å². The molecule has 18 heavy (non-hydrogen) atoms. The minimum Gasteiger partial charge on any atom is -0.300 e. The lowest BCUT2D eigenvalue weighted by molar-refractivity contribution is -0.121. The van der Waals surface area contributed by atoms with Gasteiger partial charge in [0.2, 0.25) is 0 Å². The molecule has 0 spiro atoms. The number of carbonyl (C=O) groups excluding carboxylic acids is 1. The minimum absolute atomic E-state index is 0.459. The first-order chi connectivity index (χ1) is 8.79. The molecule has 1 nitrogen and oxygen atoms in total. The molecule has 2 rings (SSSR count). The van der Waals surface area contributed by atoms with Crippen molar-refractivity contribution in [3.8, 4) is 0 Å². The highest BCUT2D eigenvalue weighted by molar-refractivity contribution is 5.79. The van der Waals surface area contributed by atoms with Gasteiger partial charge in [-0.15, -0.1) is 0 Å². The summed E-state index contributed by atoms with van der Waals surface area (Å²) in [7, 11) is 0. The Kier molecular flexibility index (Phi) is 5.15. The van der Waals surface area contributed by atoms with Crippen molar-refractivity contribution in [2.75, 3.05) is 0 Å². The molecule has 0 atom stereocenters. The highest BCUT2D eigenvalue weighted by Crippen LogP contribution is 2.39. The van der Waals surface area contributed by atoms with Crippen LogP contribution in [0, 0.1) is 17.8 Å². The van der Waals surface area contributed by atoms with E-state index in [2.05, 4.69) is 6.08 Å². The molecule has 0 radical (unpaired) electrons. The summed E-state index contributed by atoms with van der Waals surface area (Å²) in [6, 6.07) is 0. The molecule has 0 aromatic heterocycles. The van der Waals surface area contributed by atoms with E-state index >= 15 is 0 Å². The molecule has 0 aliphatic heterocycles. The number of rotatable bonds is 3. The van der Waals surface area contributed by atoms with Crippen LogP contribution in [0.3, 0.4) is 0 Å². The lowest BCUT2D eigenvalue weighted by Crippen LogP contribution is -2.25. The van der Waals surface area contributed by atoms with E-state index in [0.29, 0.717) is 18.0 Å². The molecule has 100 valence electrons. The monoisotopic (exact) mass is 250 g/mol. The van der Waals surface area contributed by atoms with Crippen molar-refractivity contribution in [2.45, 2.75) is 51.4 Å². The van der Waals surface area contributed by atoms with E-state index in [1.54, 1.807) is 0 Å². The van der Waals surface area contributed by atoms with Crippen LogP contribution in [0.1, 0.15) is 51.4 Å². The van der Waals surface area contributed by atoms with E-state index in [1.807, 2.05) is 6.08 Å². The average Bonchev–Trinajstić information content (AvgIpc) is 2.41. The molecule has 2 saturated carbocycles. The topological polar surface area (TPSA) is 17.1 Å². The Morgan fingerprint density at radius 2 is 1.50 bits per heavy atom. The number of allylic oxidation sites excluding steroid dienone is 3. The van der Waals surface area contributed by atoms with Gasteiger partial charge >= 0.3 is 0 Å². The molecule has 0 aromatic rings. The highest BCUT2D eigenvalue weighted by atomic mass is 19.1. The molecule has 2 heteroatoms. The molecule has 2 aliphatic carbocycles. The smallest absolute Gasteiger partial charge is 0.132 e. The van der Waals surface area contributed by atoms with Gasteiger partial charge in [-0.25, -0.2) is 4.39 Å². The van der Waals surface area contributed by atoms with Gasteiger partial charge in [0.15, 0.2) is 0 Å². The summed E-state index contributed by atoms with van der Waals surface area (Å²) in [5, 5.41) is 0. The molecule has 0 unspecified atom stereocenters. The van der Waals surface area contributed by atoms with Crippen LogP contribution in [0.5, 0.6) is 0 Å². The first kappa shape index (κ1) is 13.5. The molecule has 0 amide bonds. The highest BCUT2D eigenvalue weighted by Gasteiger charge is 2.29. The van der Waals surface area contributed by atoms with E-state index in [9.17, 15) is 9.18 Å². The Hall–Kier alpha value is -0.920. The van der Waals surface area contributed by atoms with E-state index < -0.39 is 0 Å². The Morgan fingerprint density at radius 3 is 2.11 bits per heavy atom. The van der Waals surface area contributed by atoms with E-state index in [-0.39, 0.29) is 0 Å². The van der Waals surface area contributed by atoms with Crippen LogP contribution in [0.15, 0.2) is 24.6 Å². The predicted octanol–water partition coefficient (Wildman–Crippen LogP) is 4.59. The SMILES string of the molecule is O=C1CCC(C2CCC(/C=C/C=CF)CC2)CC1. The van der Waals surface area contributed by atoms with Crippen molar-refractivity contribution in [1.82, 2.24) is 0 Å². The van der Waals surface area contributed by atoms with Gasteiger partial charge in [-0.3, -0.25) is 4.79 Å². The molecule has 2 aliphatic rings. The Labute approximate surface area is 109 Å². The second-order valence-corrected chi connectivity index (χ2v) is 5.75. The molecule has 2 fully saturated rings. The lowest BCUT2D eigenvalue weighted by Gasteiger charge is -2.34. The predicted molar refractivity (Wildman–Crippen MR) is 71.8 cm³/mol. The maximum absolute atomic E-state index is 11.8. The van der Waals surface area contributed by atoms with Gasteiger partial charge in [0.05, 0.1) is 6.33 Å². The van der Waals surface area contributed by atoms with Crippen molar-refractivity contribution in [3.63, 3.8) is 0 Å². The summed E-state index contributed by atoms with van der Waals surface area (Å²) in [5.41, 5.74) is 0. The lowest BCUT2D eigenvalue weighted by atomic mass is 9.71. The first-order valence-electron chi connectivity index (χ1n) is 7.25. The first-order valence-corrected chi connectivity index (χ1v) is 7.25. The molecule has 0 bridgehead atoms. The van der Waals surface area contributed by atoms with Crippen molar-refractivity contribution >= 4 is 5.78 Å². The molecular weight excluding hydrogens is 227 g/mol. The zero-order valence-electron chi connectivity index (χ0n) is 11.0. The molecule has 0 saturated heterocycles. The van der Waals surface area contributed by atoms with E-state index in [4.69, 9.17) is 0 Å². The van der Waals surface area contributed by atoms with Gasteiger partial charge < -0.3 is 0 Å². The zero-order chi connectivity index (χ0) is 12.8. The second kappa shape index (κ2) is 6.86. The summed E-state index contributed by atoms with van der Waals surface area (Å²) in [6.45, 7) is 0. The molecule has 0 N–H and O–H groups in total. The number of hydrogen-bond acceptors (Lipinski definition) is 1. The number of Topliss-reactive ketones (excluding diaryl/α,β-unsaturated/α-hetero) is 1. The summed E-state index contributed by atoms with van der Waals surface area (Å²) in [6.07, 6.45) is 14.9. The van der Waals surface area contributed by atoms with Gasteiger partial charge in [-0.05, 0) is 62.4 Å². The quantitative estimate of drug-likeness (QED) is 0.669. The maximum atomic E-state index is 11.8. The van der Waals surface area contributed by atoms with Crippen molar-refractivity contribution < 1.29 is 9.18 Å². The third-order valence-electron chi connectivity index (χ3n) is 4.64. The molecular formula is C16H23FO. The number of carbonyl (C=O) groups is 1. The van der Waals surface area contributed by atoms with Crippen LogP contribution in [0.25, 0.3) is 0 Å². The van der Waals surface area contributed by atoms with Crippen LogP contribution in [0.4, 0.5) is 4.39 Å². The molecule has 0 heterocycles. The maximum Gasteiger partial charge on any atom is 0.132 e. The van der Waals surface area contributed by atoms with Gasteiger partial charge in [-0.2, -0.15) is 0 Å². The minimum atomic E-state index is 0.459. The summed E-state index contributed by atoms with van der Waals surface area (Å²) in [4.78, 5) is 11.2. The summed E-state index contributed by atoms with van der Waals surface area (Å²) in [5.74, 6) is 2.71. The van der Waals surface area contributed by atoms with Crippen molar-refractivity contribution in [1.29, 1.82) is 0 Å². The number of halogens is 1. The van der Waals surface area contributed by atoms with Gasteiger partial charge in [0, 0.05) is 12.8 Å². The average molecular weight is 250 g/mol. The standard InChI is InChI=1S/C16H23FO/c17-12-2-1-3-13-4-6-14(7-5-13)15-8-10-16(18)11-9-15/h1-3,12-15H,4-11H2/b3-1+,12-2?. The Balaban J connectivity index is 1.74. The fourth-order valence-electron chi connectivity index (χ4n) is 3.51. The van der Waals surface area contributed by atoms with Crippen molar-refractivity contribution in [3.05, 3.63) is 24.6 Å². The fraction of sp³-hybridized carbons (Fsp3) is 0.688. The van der Waals surface area contributed by atoms with E-state index in [0.717, 1.165) is 37.5 Å². The summed E-state index contributed by atoms with van der Waals surface area (Å²) < 4.78 is 11.8. The van der Waals surface area contributed by atoms with Crippen LogP contribution >= 0.6 is 0 Å². The van der Waals surface area contributed by atoms with E-state index in [1.165, 1.54) is 31.8 Å². The Morgan fingerprint density at radius 1 is 0.889 bits per heavy atom. The summed E-state index contributed by atoms with van der Waals surface area (Å²) >= 11 is 0. The van der Waals surface area contributed by atoms with Gasteiger partial charge in [-0.1, -0.05) is 12.2 Å². The van der Waals surface area contributed by atoms with Crippen LogP contribution in [0.2, 0.25) is 0 Å². The largest absolute Gasteiger partial charge is 0.300 e. The van der Waals surface area contributed by atoms with Crippen LogP contribution in [-0.4, -0.2) is 5.78 Å². The third-order valence-corrected chi connectivity index (χ3v) is 4.64. The zero-order valence-corrected chi connectivity index (χ0v) is 11.0. The van der Waals surface area contributed by atoms with Crippen LogP contribution < -0.4 is 0 Å². The fourth-order valence-corrected chi connectivity index (χ4v) is 3.51. The third kappa shape index (κ3) is 3.79. The molecule has 0 aromatic carbocycles. The Bertz CT molecular complexity index is 314. The van der Waals surface area contributed by atoms with Gasteiger partial charge in [0.1, 0.15) is 5.78 Å². The van der Waals surface area contributed by atoms with Crippen molar-refractivity contribution in [2.24, 2.45) is 17.8 Å². The normalized spacial score (nSPS) is 31.5. The number of ketones is 1. The second-order valence-electron chi connectivity index (χ2n) is 5.75. The number of hydrogen-bond donors (Lipinski definition) is 0.